The maximum atomic E-state index is 12.3. The van der Waals surface area contributed by atoms with Crippen molar-refractivity contribution in [3.05, 3.63) is 0 Å². The predicted molar refractivity (Wildman–Crippen MR) is 68.4 cm³/mol. The lowest BCUT2D eigenvalue weighted by atomic mass is 9.75. The monoisotopic (exact) mass is 242 g/mol. The first-order valence-corrected chi connectivity index (χ1v) is 6.39. The second-order valence-corrected chi connectivity index (χ2v) is 6.14. The number of hydrogen-bond acceptors (Lipinski definition) is 4. The Hall–Kier alpha value is -0.610. The normalized spacial score (nSPS) is 31.3. The van der Waals surface area contributed by atoms with Gasteiger partial charge in [-0.15, -0.1) is 0 Å². The second-order valence-electron chi connectivity index (χ2n) is 6.14. The van der Waals surface area contributed by atoms with E-state index in [2.05, 4.69) is 4.90 Å². The first-order chi connectivity index (χ1) is 7.70. The highest BCUT2D eigenvalue weighted by Crippen LogP contribution is 2.38. The van der Waals surface area contributed by atoms with Gasteiger partial charge in [0.25, 0.3) is 0 Å². The molecule has 1 aliphatic rings. The number of esters is 1. The molecular weight excluding hydrogens is 216 g/mol. The van der Waals surface area contributed by atoms with Crippen molar-refractivity contribution in [3.8, 4) is 0 Å². The number of ether oxygens (including phenoxy) is 1. The number of nitrogens with two attached hydrogens (primary N) is 1. The highest BCUT2D eigenvalue weighted by molar-refractivity contribution is 5.77. The summed E-state index contributed by atoms with van der Waals surface area (Å²) < 4.78 is 5.54. The minimum Gasteiger partial charge on any atom is -0.460 e. The quantitative estimate of drug-likeness (QED) is 0.749. The number of rotatable bonds is 2. The van der Waals surface area contributed by atoms with Crippen molar-refractivity contribution in [2.75, 3.05) is 13.6 Å². The van der Waals surface area contributed by atoms with Crippen LogP contribution in [-0.2, 0) is 9.53 Å². The summed E-state index contributed by atoms with van der Waals surface area (Å²) in [5, 5.41) is 0. The lowest BCUT2D eigenvalue weighted by Crippen LogP contribution is -2.53. The molecule has 1 aliphatic heterocycles. The third kappa shape index (κ3) is 3.42. The van der Waals surface area contributed by atoms with Crippen molar-refractivity contribution in [2.45, 2.75) is 58.7 Å². The molecule has 1 saturated heterocycles. The van der Waals surface area contributed by atoms with Crippen molar-refractivity contribution in [1.29, 1.82) is 0 Å². The second kappa shape index (κ2) is 4.94. The van der Waals surface area contributed by atoms with Crippen LogP contribution in [0.1, 0.15) is 47.0 Å². The fourth-order valence-corrected chi connectivity index (χ4v) is 2.25. The van der Waals surface area contributed by atoms with Gasteiger partial charge in [-0.25, -0.2) is 0 Å². The zero-order valence-corrected chi connectivity index (χ0v) is 11.7. The van der Waals surface area contributed by atoms with Crippen molar-refractivity contribution in [3.63, 3.8) is 0 Å². The van der Waals surface area contributed by atoms with E-state index in [1.807, 2.05) is 34.7 Å². The van der Waals surface area contributed by atoms with Gasteiger partial charge in [-0.3, -0.25) is 9.69 Å². The van der Waals surface area contributed by atoms with Gasteiger partial charge in [0.1, 0.15) is 5.60 Å². The molecule has 0 aromatic rings. The first kappa shape index (κ1) is 14.5. The van der Waals surface area contributed by atoms with Crippen LogP contribution in [0.2, 0.25) is 0 Å². The van der Waals surface area contributed by atoms with Crippen LogP contribution in [0.25, 0.3) is 0 Å². The number of carbonyl (C=O) groups excluding carboxylic acids is 1. The van der Waals surface area contributed by atoms with Gasteiger partial charge in [0.15, 0.2) is 0 Å². The Morgan fingerprint density at radius 3 is 2.53 bits per heavy atom. The summed E-state index contributed by atoms with van der Waals surface area (Å²) >= 11 is 0. The van der Waals surface area contributed by atoms with Crippen molar-refractivity contribution in [1.82, 2.24) is 4.90 Å². The molecule has 100 valence electrons. The van der Waals surface area contributed by atoms with Gasteiger partial charge in [-0.05, 0) is 47.1 Å². The number of nitrogens with zero attached hydrogens (tertiary/aromatic N) is 1. The molecule has 1 rings (SSSR count). The molecule has 0 spiro atoms. The largest absolute Gasteiger partial charge is 0.460 e. The van der Waals surface area contributed by atoms with E-state index in [-0.39, 0.29) is 17.6 Å². The average Bonchev–Trinajstić information content (AvgIpc) is 2.20. The Labute approximate surface area is 104 Å². The summed E-state index contributed by atoms with van der Waals surface area (Å²) in [5.41, 5.74) is 5.24. The summed E-state index contributed by atoms with van der Waals surface area (Å²) in [6.07, 6.45) is 2.28. The molecule has 2 unspecified atom stereocenters. The van der Waals surface area contributed by atoms with E-state index in [0.717, 1.165) is 19.4 Å². The van der Waals surface area contributed by atoms with E-state index in [0.29, 0.717) is 6.42 Å². The smallest absolute Gasteiger partial charge is 0.312 e. The Bertz CT molecular complexity index is 286. The molecule has 0 saturated carbocycles. The highest BCUT2D eigenvalue weighted by Gasteiger charge is 2.44. The maximum absolute atomic E-state index is 12.3. The summed E-state index contributed by atoms with van der Waals surface area (Å²) in [7, 11) is 2.00. The Kier molecular flexibility index (Phi) is 4.20. The summed E-state index contributed by atoms with van der Waals surface area (Å²) in [6, 6.07) is 0. The maximum Gasteiger partial charge on any atom is 0.312 e. The molecular formula is C13H26N2O2. The third-order valence-corrected chi connectivity index (χ3v) is 3.62. The molecule has 2 atom stereocenters. The van der Waals surface area contributed by atoms with E-state index < -0.39 is 5.60 Å². The van der Waals surface area contributed by atoms with Gasteiger partial charge < -0.3 is 10.5 Å². The average molecular weight is 242 g/mol. The van der Waals surface area contributed by atoms with Crippen LogP contribution in [0, 0.1) is 5.41 Å². The van der Waals surface area contributed by atoms with Crippen LogP contribution in [0.5, 0.6) is 0 Å². The Morgan fingerprint density at radius 1 is 1.53 bits per heavy atom. The fourth-order valence-electron chi connectivity index (χ4n) is 2.25. The van der Waals surface area contributed by atoms with Gasteiger partial charge in [0.2, 0.25) is 0 Å². The number of piperidine rings is 1. The van der Waals surface area contributed by atoms with Crippen molar-refractivity contribution < 1.29 is 9.53 Å². The summed E-state index contributed by atoms with van der Waals surface area (Å²) in [6.45, 7) is 8.62. The molecule has 2 N–H and O–H groups in total. The van der Waals surface area contributed by atoms with E-state index >= 15 is 0 Å². The molecule has 0 aromatic heterocycles. The standard InChI is InChI=1S/C13H26N2O2/c1-6-13(11(16)17-12(2,3)4)7-8-15(5)10(14)9-13/h10H,6-9,14H2,1-5H3. The molecule has 4 heteroatoms. The van der Waals surface area contributed by atoms with Crippen LogP contribution >= 0.6 is 0 Å². The zero-order chi connectivity index (χ0) is 13.3. The lowest BCUT2D eigenvalue weighted by molar-refractivity contribution is -0.172. The molecule has 1 heterocycles. The minimum atomic E-state index is -0.424. The summed E-state index contributed by atoms with van der Waals surface area (Å²) in [4.78, 5) is 14.4. The van der Waals surface area contributed by atoms with E-state index in [9.17, 15) is 4.79 Å². The van der Waals surface area contributed by atoms with Crippen LogP contribution in [0.3, 0.4) is 0 Å². The topological polar surface area (TPSA) is 55.6 Å². The Morgan fingerprint density at radius 2 is 2.12 bits per heavy atom. The van der Waals surface area contributed by atoms with E-state index in [4.69, 9.17) is 10.5 Å². The third-order valence-electron chi connectivity index (χ3n) is 3.62. The van der Waals surface area contributed by atoms with Crippen molar-refractivity contribution >= 4 is 5.97 Å². The van der Waals surface area contributed by atoms with E-state index in [1.165, 1.54) is 0 Å². The van der Waals surface area contributed by atoms with Crippen molar-refractivity contribution in [2.24, 2.45) is 11.1 Å². The van der Waals surface area contributed by atoms with Gasteiger partial charge in [-0.2, -0.15) is 0 Å². The molecule has 17 heavy (non-hydrogen) atoms. The molecule has 1 fully saturated rings. The number of hydrogen-bond donors (Lipinski definition) is 1. The van der Waals surface area contributed by atoms with Gasteiger partial charge in [-0.1, -0.05) is 6.92 Å². The number of carbonyl (C=O) groups is 1. The van der Waals surface area contributed by atoms with Gasteiger partial charge in [0, 0.05) is 6.54 Å². The van der Waals surface area contributed by atoms with Gasteiger partial charge >= 0.3 is 5.97 Å². The molecule has 0 aromatic carbocycles. The SMILES string of the molecule is CCC1(C(=O)OC(C)(C)C)CCN(C)C(N)C1. The number of likely N-dealkylation sites (tertiary alicyclic amines) is 1. The molecule has 4 nitrogen and oxygen atoms in total. The van der Waals surface area contributed by atoms with Crippen LogP contribution in [0.4, 0.5) is 0 Å². The minimum absolute atomic E-state index is 0.0452. The zero-order valence-electron chi connectivity index (χ0n) is 11.7. The summed E-state index contributed by atoms with van der Waals surface area (Å²) in [5.74, 6) is -0.0870. The van der Waals surface area contributed by atoms with Gasteiger partial charge in [0.05, 0.1) is 11.6 Å². The Balaban J connectivity index is 2.79. The van der Waals surface area contributed by atoms with Crippen LogP contribution < -0.4 is 5.73 Å². The first-order valence-electron chi connectivity index (χ1n) is 6.39. The molecule has 0 amide bonds. The fraction of sp³-hybridized carbons (Fsp3) is 0.923. The van der Waals surface area contributed by atoms with E-state index in [1.54, 1.807) is 0 Å². The predicted octanol–water partition coefficient (Wildman–Crippen LogP) is 1.73. The lowest BCUT2D eigenvalue weighted by Gasteiger charge is -2.42. The van der Waals surface area contributed by atoms with Crippen LogP contribution in [-0.4, -0.2) is 36.2 Å². The molecule has 0 radical (unpaired) electrons. The molecule has 0 bridgehead atoms. The molecule has 0 aliphatic carbocycles. The van der Waals surface area contributed by atoms with Crippen LogP contribution in [0.15, 0.2) is 0 Å². The highest BCUT2D eigenvalue weighted by atomic mass is 16.6.